The maximum atomic E-state index is 15.1. The minimum atomic E-state index is -0.517. The van der Waals surface area contributed by atoms with Crippen LogP contribution in [0.5, 0.6) is 0 Å². The second-order valence-electron chi connectivity index (χ2n) is 9.14. The van der Waals surface area contributed by atoms with Crippen molar-refractivity contribution < 1.29 is 9.18 Å². The van der Waals surface area contributed by atoms with Gasteiger partial charge in [-0.05, 0) is 41.6 Å². The fourth-order valence-corrected chi connectivity index (χ4v) is 5.00. The summed E-state index contributed by atoms with van der Waals surface area (Å²) in [5.41, 5.74) is 9.84. The second kappa shape index (κ2) is 8.26. The first-order valence-corrected chi connectivity index (χ1v) is 11.5. The number of imidazole rings is 1. The molecule has 1 aromatic carbocycles. The van der Waals surface area contributed by atoms with Gasteiger partial charge in [-0.2, -0.15) is 5.10 Å². The highest BCUT2D eigenvalue weighted by molar-refractivity contribution is 6.01. The summed E-state index contributed by atoms with van der Waals surface area (Å²) in [6.45, 7) is 1.89. The second-order valence-corrected chi connectivity index (χ2v) is 9.14. The smallest absolute Gasteiger partial charge is 0.229 e. The number of nitrogen functional groups attached to an aromatic ring is 1. The molecule has 4 aromatic heterocycles. The Bertz CT molecular complexity index is 1610. The lowest BCUT2D eigenvalue weighted by atomic mass is 9.98. The number of aryl methyl sites for hydroxylation is 2. The summed E-state index contributed by atoms with van der Waals surface area (Å²) in [5, 5.41) is 8.34. The van der Waals surface area contributed by atoms with Gasteiger partial charge in [0.05, 0.1) is 29.8 Å². The molecule has 0 bridgehead atoms. The molecule has 10 heteroatoms. The number of hydrogen-bond donors (Lipinski definition) is 3. The van der Waals surface area contributed by atoms with Gasteiger partial charge in [0.25, 0.3) is 0 Å². The minimum absolute atomic E-state index is 0.00793. The number of pyridine rings is 2. The number of nitrogens with one attached hydrogen (secondary N) is 2. The molecule has 0 radical (unpaired) electrons. The molecule has 1 fully saturated rings. The summed E-state index contributed by atoms with van der Waals surface area (Å²) >= 11 is 0. The molecule has 0 saturated heterocycles. The van der Waals surface area contributed by atoms with Crippen LogP contribution in [0.4, 0.5) is 15.9 Å². The van der Waals surface area contributed by atoms with Gasteiger partial charge in [0.15, 0.2) is 5.82 Å². The van der Waals surface area contributed by atoms with Crippen molar-refractivity contribution in [1.82, 2.24) is 29.7 Å². The number of fused-ring (bicyclic) bond motifs is 1. The van der Waals surface area contributed by atoms with Gasteiger partial charge in [0.1, 0.15) is 5.82 Å². The Morgan fingerprint density at radius 1 is 1.17 bits per heavy atom. The molecule has 5 aromatic rings. The fourth-order valence-electron chi connectivity index (χ4n) is 5.00. The Morgan fingerprint density at radius 3 is 2.75 bits per heavy atom. The topological polar surface area (TPSA) is 127 Å². The van der Waals surface area contributed by atoms with E-state index < -0.39 is 5.82 Å². The number of carbonyl (C=O) groups excluding carboxylic acids is 1. The lowest BCUT2D eigenvalue weighted by Crippen LogP contribution is -2.16. The van der Waals surface area contributed by atoms with E-state index in [0.717, 1.165) is 16.8 Å². The van der Waals surface area contributed by atoms with Crippen LogP contribution < -0.4 is 11.1 Å². The predicted octanol–water partition coefficient (Wildman–Crippen LogP) is 3.92. The van der Waals surface area contributed by atoms with Gasteiger partial charge in [-0.1, -0.05) is 0 Å². The predicted molar refractivity (Wildman–Crippen MR) is 133 cm³/mol. The third kappa shape index (κ3) is 3.58. The Balaban J connectivity index is 1.33. The molecule has 1 aliphatic rings. The van der Waals surface area contributed by atoms with Crippen LogP contribution in [0.25, 0.3) is 21.9 Å². The van der Waals surface area contributed by atoms with Crippen molar-refractivity contribution >= 4 is 28.2 Å². The molecule has 1 amide bonds. The van der Waals surface area contributed by atoms with E-state index in [-0.39, 0.29) is 29.3 Å². The van der Waals surface area contributed by atoms with E-state index in [1.807, 2.05) is 32.4 Å². The zero-order chi connectivity index (χ0) is 25.0. The van der Waals surface area contributed by atoms with E-state index >= 15 is 4.39 Å². The molecule has 6 rings (SSSR count). The van der Waals surface area contributed by atoms with Crippen molar-refractivity contribution in [3.63, 3.8) is 0 Å². The lowest BCUT2D eigenvalue weighted by Gasteiger charge is -2.12. The van der Waals surface area contributed by atoms with Crippen LogP contribution in [0.2, 0.25) is 0 Å². The van der Waals surface area contributed by atoms with Crippen molar-refractivity contribution in [2.24, 2.45) is 13.0 Å². The lowest BCUT2D eigenvalue weighted by molar-refractivity contribution is -0.117. The molecular weight excluding hydrogens is 459 g/mol. The zero-order valence-corrected chi connectivity index (χ0v) is 19.6. The summed E-state index contributed by atoms with van der Waals surface area (Å²) in [6.07, 6.45) is 11.9. The molecule has 3 atom stereocenters. The summed E-state index contributed by atoms with van der Waals surface area (Å²) in [7, 11) is 1.85. The van der Waals surface area contributed by atoms with E-state index in [9.17, 15) is 4.79 Å². The third-order valence-electron chi connectivity index (χ3n) is 6.87. The van der Waals surface area contributed by atoms with Gasteiger partial charge < -0.3 is 16.0 Å². The molecule has 9 nitrogen and oxygen atoms in total. The van der Waals surface area contributed by atoms with Gasteiger partial charge >= 0.3 is 0 Å². The van der Waals surface area contributed by atoms with Crippen LogP contribution >= 0.6 is 0 Å². The molecular formula is C26H23FN8O. The Hall–Kier alpha value is -4.60. The van der Waals surface area contributed by atoms with Gasteiger partial charge in [-0.3, -0.25) is 14.5 Å². The molecule has 4 N–H and O–H groups in total. The maximum Gasteiger partial charge on any atom is 0.229 e. The highest BCUT2D eigenvalue weighted by Crippen LogP contribution is 2.60. The van der Waals surface area contributed by atoms with Crippen LogP contribution in [0, 0.1) is 18.7 Å². The largest absolute Gasteiger partial charge is 0.396 e. The average molecular weight is 483 g/mol. The number of hydrogen-bond acceptors (Lipinski definition) is 6. The van der Waals surface area contributed by atoms with Crippen LogP contribution in [0.3, 0.4) is 0 Å². The number of halogens is 1. The van der Waals surface area contributed by atoms with Gasteiger partial charge in [0.2, 0.25) is 5.91 Å². The molecule has 1 saturated carbocycles. The average Bonchev–Trinajstić information content (AvgIpc) is 3.17. The van der Waals surface area contributed by atoms with Crippen LogP contribution in [0.1, 0.15) is 28.7 Å². The standard InChI is InChI=1S/C26H23FN8O/c1-13-3-4-29-8-17(13)16-5-14-6-20(31-9-18(14)25(28)24(16)27)34-26(36)23-21(15-7-33-35(2)11-15)22(23)19-10-30-12-32-19/h3-12,21-23H,28H2,1-2H3,(H,30,32)(H,31,34,36)/t21-,22?,23+/m1/s1. The Labute approximate surface area is 205 Å². The quantitative estimate of drug-likeness (QED) is 0.326. The van der Waals surface area contributed by atoms with Crippen molar-refractivity contribution in [2.45, 2.75) is 18.8 Å². The summed E-state index contributed by atoms with van der Waals surface area (Å²) < 4.78 is 16.9. The first-order chi connectivity index (χ1) is 17.4. The number of aromatic amines is 1. The van der Waals surface area contributed by atoms with Crippen molar-refractivity contribution in [3.05, 3.63) is 84.3 Å². The molecule has 1 unspecified atom stereocenters. The number of aromatic nitrogens is 6. The maximum absolute atomic E-state index is 15.1. The number of nitrogens with zero attached hydrogens (tertiary/aromatic N) is 5. The van der Waals surface area contributed by atoms with E-state index in [4.69, 9.17) is 5.73 Å². The number of benzene rings is 1. The number of H-pyrrole nitrogens is 1. The zero-order valence-electron chi connectivity index (χ0n) is 19.6. The van der Waals surface area contributed by atoms with Crippen LogP contribution in [-0.4, -0.2) is 35.6 Å². The van der Waals surface area contributed by atoms with Gasteiger partial charge in [-0.25, -0.2) is 14.4 Å². The minimum Gasteiger partial charge on any atom is -0.396 e. The number of amides is 1. The SMILES string of the molecule is Cc1ccncc1-c1cc2cc(NC(=O)[C@@H]3C(c4c[nH]cn4)[C@H]3c3cnn(C)c3)ncc2c(N)c1F. The fraction of sp³-hybridized carbons (Fsp3) is 0.192. The molecule has 4 heterocycles. The molecule has 36 heavy (non-hydrogen) atoms. The normalized spacial score (nSPS) is 18.9. The highest BCUT2D eigenvalue weighted by Gasteiger charge is 2.57. The third-order valence-corrected chi connectivity index (χ3v) is 6.87. The number of nitrogens with two attached hydrogens (primary N) is 1. The van der Waals surface area contributed by atoms with Crippen LogP contribution in [-0.2, 0) is 11.8 Å². The van der Waals surface area contributed by atoms with E-state index in [1.54, 1.807) is 41.7 Å². The first kappa shape index (κ1) is 21.9. The first-order valence-electron chi connectivity index (χ1n) is 11.5. The van der Waals surface area contributed by atoms with Gasteiger partial charge in [-0.15, -0.1) is 0 Å². The van der Waals surface area contributed by atoms with E-state index in [1.165, 1.54) is 6.20 Å². The Morgan fingerprint density at radius 2 is 2.03 bits per heavy atom. The molecule has 1 aliphatic carbocycles. The Kier molecular flexibility index (Phi) is 5.03. The summed E-state index contributed by atoms with van der Waals surface area (Å²) in [5.74, 6) is -0.733. The molecule has 0 spiro atoms. The number of anilines is 2. The monoisotopic (exact) mass is 482 g/mol. The van der Waals surface area contributed by atoms with Crippen LogP contribution in [0.15, 0.2) is 61.7 Å². The molecule has 180 valence electrons. The van der Waals surface area contributed by atoms with E-state index in [2.05, 4.69) is 30.4 Å². The van der Waals surface area contributed by atoms with Crippen molar-refractivity contribution in [2.75, 3.05) is 11.1 Å². The van der Waals surface area contributed by atoms with Crippen molar-refractivity contribution in [3.8, 4) is 11.1 Å². The summed E-state index contributed by atoms with van der Waals surface area (Å²) in [4.78, 5) is 29.2. The summed E-state index contributed by atoms with van der Waals surface area (Å²) in [6, 6.07) is 5.24. The van der Waals surface area contributed by atoms with Crippen molar-refractivity contribution in [1.29, 1.82) is 0 Å². The number of rotatable bonds is 5. The van der Waals surface area contributed by atoms with Gasteiger partial charge in [0, 0.05) is 66.4 Å². The molecule has 0 aliphatic heterocycles. The number of carbonyl (C=O) groups is 1. The highest BCUT2D eigenvalue weighted by atomic mass is 19.1. The van der Waals surface area contributed by atoms with E-state index in [0.29, 0.717) is 27.7 Å².